The summed E-state index contributed by atoms with van der Waals surface area (Å²) in [6.07, 6.45) is 2.42. The van der Waals surface area contributed by atoms with Crippen LogP contribution in [0, 0.1) is 12.8 Å². The van der Waals surface area contributed by atoms with Crippen molar-refractivity contribution >= 4 is 0 Å². The van der Waals surface area contributed by atoms with Gasteiger partial charge in [-0.05, 0) is 30.4 Å². The van der Waals surface area contributed by atoms with Gasteiger partial charge in [0.15, 0.2) is 0 Å². The Morgan fingerprint density at radius 3 is 2.38 bits per heavy atom. The van der Waals surface area contributed by atoms with Gasteiger partial charge in [-0.3, -0.25) is 0 Å². The first kappa shape index (κ1) is 10.3. The average molecular weight is 175 g/mol. The standard InChI is InChI=1S/C13H19/c1-5-6-12-7-11(4)8-13(9-12)10(2)3/h7-9H,5-6H2,1-4H3. The maximum absolute atomic E-state index is 2.31. The van der Waals surface area contributed by atoms with E-state index in [2.05, 4.69) is 45.9 Å². The van der Waals surface area contributed by atoms with Crippen LogP contribution < -0.4 is 0 Å². The van der Waals surface area contributed by atoms with E-state index in [1.54, 1.807) is 0 Å². The molecule has 0 heterocycles. The van der Waals surface area contributed by atoms with Gasteiger partial charge in [0.1, 0.15) is 0 Å². The predicted octanol–water partition coefficient (Wildman–Crippen LogP) is 3.91. The summed E-state index contributed by atoms with van der Waals surface area (Å²) < 4.78 is 0. The van der Waals surface area contributed by atoms with Crippen LogP contribution in [0.1, 0.15) is 43.9 Å². The Kier molecular flexibility index (Phi) is 3.53. The van der Waals surface area contributed by atoms with Gasteiger partial charge in [-0.1, -0.05) is 51.0 Å². The van der Waals surface area contributed by atoms with Crippen molar-refractivity contribution in [2.75, 3.05) is 0 Å². The summed E-state index contributed by atoms with van der Waals surface area (Å²) in [6, 6.07) is 6.86. The lowest BCUT2D eigenvalue weighted by Gasteiger charge is -2.09. The summed E-state index contributed by atoms with van der Waals surface area (Å²) in [6.45, 7) is 8.74. The van der Waals surface area contributed by atoms with Crippen LogP contribution in [0.3, 0.4) is 0 Å². The van der Waals surface area contributed by atoms with Crippen molar-refractivity contribution < 1.29 is 0 Å². The molecule has 0 spiro atoms. The van der Waals surface area contributed by atoms with Gasteiger partial charge < -0.3 is 0 Å². The minimum Gasteiger partial charge on any atom is -0.0651 e. The lowest BCUT2D eigenvalue weighted by atomic mass is 9.97. The number of hydrogen-bond acceptors (Lipinski definition) is 0. The van der Waals surface area contributed by atoms with Gasteiger partial charge in [0, 0.05) is 0 Å². The van der Waals surface area contributed by atoms with E-state index < -0.39 is 0 Å². The van der Waals surface area contributed by atoms with Crippen molar-refractivity contribution in [3.63, 3.8) is 0 Å². The Labute approximate surface area is 82.0 Å². The van der Waals surface area contributed by atoms with Crippen molar-refractivity contribution in [2.45, 2.75) is 40.5 Å². The van der Waals surface area contributed by atoms with Crippen LogP contribution in [0.4, 0.5) is 0 Å². The zero-order valence-electron chi connectivity index (χ0n) is 9.15. The molecular weight excluding hydrogens is 156 g/mol. The molecule has 1 rings (SSSR count). The van der Waals surface area contributed by atoms with Gasteiger partial charge in [-0.25, -0.2) is 0 Å². The molecule has 0 amide bonds. The molecule has 0 fully saturated rings. The van der Waals surface area contributed by atoms with Gasteiger partial charge in [0.25, 0.3) is 0 Å². The van der Waals surface area contributed by atoms with E-state index in [0.29, 0.717) is 0 Å². The lowest BCUT2D eigenvalue weighted by Crippen LogP contribution is -1.93. The third kappa shape index (κ3) is 2.87. The number of rotatable bonds is 3. The summed E-state index contributed by atoms with van der Waals surface area (Å²) in [5, 5.41) is 0. The minimum absolute atomic E-state index is 1.20. The highest BCUT2D eigenvalue weighted by atomic mass is 14.1. The minimum atomic E-state index is 1.20. The van der Waals surface area contributed by atoms with Crippen LogP contribution in [-0.4, -0.2) is 0 Å². The molecule has 0 aliphatic carbocycles. The molecule has 1 radical (unpaired) electrons. The molecule has 0 bridgehead atoms. The molecule has 1 aromatic rings. The summed E-state index contributed by atoms with van der Waals surface area (Å²) in [4.78, 5) is 0. The van der Waals surface area contributed by atoms with Crippen molar-refractivity contribution in [1.82, 2.24) is 0 Å². The maximum Gasteiger partial charge on any atom is -0.00118 e. The molecule has 0 atom stereocenters. The Balaban J connectivity index is 2.96. The first-order valence-electron chi connectivity index (χ1n) is 5.04. The second kappa shape index (κ2) is 4.45. The lowest BCUT2D eigenvalue weighted by molar-refractivity contribution is 0.916. The topological polar surface area (TPSA) is 0 Å². The van der Waals surface area contributed by atoms with E-state index in [-0.39, 0.29) is 0 Å². The van der Waals surface area contributed by atoms with Crippen molar-refractivity contribution in [2.24, 2.45) is 0 Å². The molecule has 1 aromatic carbocycles. The zero-order chi connectivity index (χ0) is 9.84. The van der Waals surface area contributed by atoms with Crippen molar-refractivity contribution in [3.05, 3.63) is 40.8 Å². The van der Waals surface area contributed by atoms with Crippen LogP contribution in [0.15, 0.2) is 18.2 Å². The maximum atomic E-state index is 2.31. The molecule has 0 saturated heterocycles. The zero-order valence-corrected chi connectivity index (χ0v) is 9.15. The number of benzene rings is 1. The molecule has 0 saturated carbocycles. The van der Waals surface area contributed by atoms with Crippen molar-refractivity contribution in [1.29, 1.82) is 0 Å². The van der Waals surface area contributed by atoms with Crippen LogP contribution in [-0.2, 0) is 6.42 Å². The highest BCUT2D eigenvalue weighted by molar-refractivity contribution is 5.36. The first-order chi connectivity index (χ1) is 6.13. The fourth-order valence-corrected chi connectivity index (χ4v) is 1.58. The summed E-state index contributed by atoms with van der Waals surface area (Å²) in [5.74, 6) is 1.40. The SMILES string of the molecule is CCCc1cc(C)cc([C](C)C)c1. The first-order valence-corrected chi connectivity index (χ1v) is 5.04. The van der Waals surface area contributed by atoms with E-state index in [1.165, 1.54) is 35.4 Å². The van der Waals surface area contributed by atoms with Gasteiger partial charge in [-0.15, -0.1) is 0 Å². The molecule has 0 nitrogen and oxygen atoms in total. The van der Waals surface area contributed by atoms with E-state index in [4.69, 9.17) is 0 Å². The van der Waals surface area contributed by atoms with E-state index in [0.717, 1.165) is 0 Å². The van der Waals surface area contributed by atoms with Crippen LogP contribution in [0.25, 0.3) is 0 Å². The quantitative estimate of drug-likeness (QED) is 0.653. The third-order valence-corrected chi connectivity index (χ3v) is 2.25. The Morgan fingerprint density at radius 2 is 1.85 bits per heavy atom. The fourth-order valence-electron chi connectivity index (χ4n) is 1.58. The molecule has 13 heavy (non-hydrogen) atoms. The molecule has 71 valence electrons. The Hall–Kier alpha value is -0.780. The summed E-state index contributed by atoms with van der Waals surface area (Å²) >= 11 is 0. The second-order valence-corrected chi connectivity index (χ2v) is 3.96. The number of hydrogen-bond donors (Lipinski definition) is 0. The van der Waals surface area contributed by atoms with Crippen LogP contribution >= 0.6 is 0 Å². The highest BCUT2D eigenvalue weighted by Gasteiger charge is 2.02. The average Bonchev–Trinajstić information content (AvgIpc) is 2.03. The van der Waals surface area contributed by atoms with Gasteiger partial charge >= 0.3 is 0 Å². The summed E-state index contributed by atoms with van der Waals surface area (Å²) in [7, 11) is 0. The molecule has 0 unspecified atom stereocenters. The van der Waals surface area contributed by atoms with Crippen LogP contribution in [0.2, 0.25) is 0 Å². The molecule has 0 aromatic heterocycles. The molecule has 0 aliphatic heterocycles. The molecule has 0 heteroatoms. The normalized spacial score (nSPS) is 10.8. The van der Waals surface area contributed by atoms with Gasteiger partial charge in [-0.2, -0.15) is 0 Å². The van der Waals surface area contributed by atoms with E-state index in [1.807, 2.05) is 0 Å². The van der Waals surface area contributed by atoms with Gasteiger partial charge in [0.05, 0.1) is 0 Å². The predicted molar refractivity (Wildman–Crippen MR) is 58.9 cm³/mol. The third-order valence-electron chi connectivity index (χ3n) is 2.25. The smallest absolute Gasteiger partial charge is 0.00118 e. The number of aryl methyl sites for hydroxylation is 2. The van der Waals surface area contributed by atoms with Crippen LogP contribution in [0.5, 0.6) is 0 Å². The Bertz CT molecular complexity index is 271. The largest absolute Gasteiger partial charge is 0.0651 e. The van der Waals surface area contributed by atoms with E-state index >= 15 is 0 Å². The van der Waals surface area contributed by atoms with Gasteiger partial charge in [0.2, 0.25) is 0 Å². The fraction of sp³-hybridized carbons (Fsp3) is 0.462. The second-order valence-electron chi connectivity index (χ2n) is 3.96. The molecular formula is C13H19. The monoisotopic (exact) mass is 175 g/mol. The molecule has 0 aliphatic rings. The highest BCUT2D eigenvalue weighted by Crippen LogP contribution is 2.18. The summed E-state index contributed by atoms with van der Waals surface area (Å²) in [5.41, 5.74) is 4.24. The van der Waals surface area contributed by atoms with E-state index in [9.17, 15) is 0 Å². The van der Waals surface area contributed by atoms with Crippen molar-refractivity contribution in [3.8, 4) is 0 Å². The molecule has 0 N–H and O–H groups in total. The Morgan fingerprint density at radius 1 is 1.15 bits per heavy atom.